The van der Waals surface area contributed by atoms with Crippen LogP contribution in [-0.2, 0) is 17.3 Å². The van der Waals surface area contributed by atoms with Gasteiger partial charge in [0, 0.05) is 22.9 Å². The van der Waals surface area contributed by atoms with Crippen molar-refractivity contribution in [2.24, 2.45) is 0 Å². The number of aryl methyl sites for hydroxylation is 1. The number of amides is 1. The predicted octanol–water partition coefficient (Wildman–Crippen LogP) is 2.06. The molecule has 20 heavy (non-hydrogen) atoms. The van der Waals surface area contributed by atoms with E-state index >= 15 is 0 Å². The first-order chi connectivity index (χ1) is 9.58. The maximum atomic E-state index is 12.1. The van der Waals surface area contributed by atoms with Gasteiger partial charge in [-0.2, -0.15) is 0 Å². The van der Waals surface area contributed by atoms with Crippen molar-refractivity contribution in [3.63, 3.8) is 0 Å². The van der Waals surface area contributed by atoms with E-state index in [1.807, 2.05) is 31.2 Å². The molecule has 1 N–H and O–H groups in total. The van der Waals surface area contributed by atoms with Crippen LogP contribution in [0, 0.1) is 6.92 Å². The van der Waals surface area contributed by atoms with Crippen LogP contribution in [0.5, 0.6) is 0 Å². The van der Waals surface area contributed by atoms with E-state index < -0.39 is 10.8 Å². The van der Waals surface area contributed by atoms with Crippen LogP contribution in [0.1, 0.15) is 21.6 Å². The van der Waals surface area contributed by atoms with E-state index in [0.717, 1.165) is 11.3 Å². The van der Waals surface area contributed by atoms with E-state index in [4.69, 9.17) is 0 Å². The Hall–Kier alpha value is -2.01. The van der Waals surface area contributed by atoms with Crippen LogP contribution in [0.4, 0.5) is 0 Å². The molecule has 0 aliphatic carbocycles. The molecule has 1 atom stereocenters. The first-order valence-electron chi connectivity index (χ1n) is 6.20. The molecule has 1 unspecified atom stereocenters. The van der Waals surface area contributed by atoms with E-state index in [2.05, 4.69) is 10.3 Å². The van der Waals surface area contributed by atoms with Gasteiger partial charge in [-0.15, -0.1) is 0 Å². The van der Waals surface area contributed by atoms with Crippen molar-refractivity contribution in [2.45, 2.75) is 18.4 Å². The standard InChI is InChI=1S/C15H16N2O2S/c1-11-6-7-12(9-14(11)20(2)19)15(18)17-10-13-5-3-4-8-16-13/h3-9H,10H2,1-2H3,(H,17,18). The Morgan fingerprint density at radius 3 is 2.75 bits per heavy atom. The number of nitrogens with zero attached hydrogens (tertiary/aromatic N) is 1. The van der Waals surface area contributed by atoms with Gasteiger partial charge in [0.05, 0.1) is 23.0 Å². The predicted molar refractivity (Wildman–Crippen MR) is 78.9 cm³/mol. The van der Waals surface area contributed by atoms with Crippen LogP contribution < -0.4 is 5.32 Å². The van der Waals surface area contributed by atoms with Gasteiger partial charge < -0.3 is 5.32 Å². The zero-order valence-corrected chi connectivity index (χ0v) is 12.2. The van der Waals surface area contributed by atoms with Crippen LogP contribution >= 0.6 is 0 Å². The fourth-order valence-corrected chi connectivity index (χ4v) is 2.64. The molecule has 0 saturated heterocycles. The number of aromatic nitrogens is 1. The minimum Gasteiger partial charge on any atom is -0.346 e. The summed E-state index contributed by atoms with van der Waals surface area (Å²) < 4.78 is 11.6. The Balaban J connectivity index is 2.10. The normalized spacial score (nSPS) is 11.9. The topological polar surface area (TPSA) is 59.1 Å². The Morgan fingerprint density at radius 2 is 2.10 bits per heavy atom. The first kappa shape index (κ1) is 14.4. The van der Waals surface area contributed by atoms with Crippen molar-refractivity contribution < 1.29 is 9.00 Å². The number of benzene rings is 1. The second-order valence-corrected chi connectivity index (χ2v) is 5.79. The molecule has 1 amide bonds. The largest absolute Gasteiger partial charge is 0.346 e. The molecule has 1 aromatic carbocycles. The molecule has 0 radical (unpaired) electrons. The van der Waals surface area contributed by atoms with Crippen molar-refractivity contribution in [3.8, 4) is 0 Å². The van der Waals surface area contributed by atoms with Gasteiger partial charge in [-0.05, 0) is 36.8 Å². The molecule has 0 aliphatic heterocycles. The molecule has 0 saturated carbocycles. The summed E-state index contributed by atoms with van der Waals surface area (Å²) >= 11 is 0. The fraction of sp³-hybridized carbons (Fsp3) is 0.200. The van der Waals surface area contributed by atoms with Crippen molar-refractivity contribution >= 4 is 16.7 Å². The van der Waals surface area contributed by atoms with Crippen LogP contribution in [-0.4, -0.2) is 21.4 Å². The third-order valence-corrected chi connectivity index (χ3v) is 3.98. The monoisotopic (exact) mass is 288 g/mol. The average Bonchev–Trinajstić information content (AvgIpc) is 2.46. The number of rotatable bonds is 4. The number of carbonyl (C=O) groups is 1. The molecule has 0 fully saturated rings. The van der Waals surface area contributed by atoms with E-state index in [1.54, 1.807) is 24.6 Å². The van der Waals surface area contributed by atoms with Crippen molar-refractivity contribution in [1.82, 2.24) is 10.3 Å². The van der Waals surface area contributed by atoms with Gasteiger partial charge >= 0.3 is 0 Å². The summed E-state index contributed by atoms with van der Waals surface area (Å²) in [6.45, 7) is 2.25. The summed E-state index contributed by atoms with van der Waals surface area (Å²) in [5.74, 6) is -0.192. The Labute approximate surface area is 120 Å². The zero-order chi connectivity index (χ0) is 14.5. The summed E-state index contributed by atoms with van der Waals surface area (Å²) in [6, 6.07) is 10.8. The lowest BCUT2D eigenvalue weighted by Gasteiger charge is -2.08. The number of hydrogen-bond donors (Lipinski definition) is 1. The molecule has 1 heterocycles. The SMILES string of the molecule is Cc1ccc(C(=O)NCc2ccccn2)cc1S(C)=O. The van der Waals surface area contributed by atoms with E-state index in [-0.39, 0.29) is 5.91 Å². The van der Waals surface area contributed by atoms with Crippen LogP contribution in [0.15, 0.2) is 47.5 Å². The van der Waals surface area contributed by atoms with Crippen molar-refractivity contribution in [2.75, 3.05) is 6.26 Å². The number of nitrogens with one attached hydrogen (secondary N) is 1. The van der Waals surface area contributed by atoms with Gasteiger partial charge in [-0.1, -0.05) is 12.1 Å². The minimum absolute atomic E-state index is 0.192. The zero-order valence-electron chi connectivity index (χ0n) is 11.4. The highest BCUT2D eigenvalue weighted by Crippen LogP contribution is 2.14. The lowest BCUT2D eigenvalue weighted by Crippen LogP contribution is -2.23. The van der Waals surface area contributed by atoms with E-state index in [1.165, 1.54) is 0 Å². The summed E-state index contributed by atoms with van der Waals surface area (Å²) in [7, 11) is -1.10. The third-order valence-electron chi connectivity index (χ3n) is 2.92. The fourth-order valence-electron chi connectivity index (χ4n) is 1.83. The Kier molecular flexibility index (Phi) is 4.63. The van der Waals surface area contributed by atoms with Gasteiger partial charge in [0.15, 0.2) is 0 Å². The van der Waals surface area contributed by atoms with Crippen LogP contribution in [0.25, 0.3) is 0 Å². The minimum atomic E-state index is -1.10. The number of pyridine rings is 1. The molecule has 1 aromatic heterocycles. The molecule has 5 heteroatoms. The maximum absolute atomic E-state index is 12.1. The average molecular weight is 288 g/mol. The van der Waals surface area contributed by atoms with Gasteiger partial charge in [0.1, 0.15) is 0 Å². The van der Waals surface area contributed by atoms with Crippen molar-refractivity contribution in [1.29, 1.82) is 0 Å². The van der Waals surface area contributed by atoms with Gasteiger partial charge in [-0.3, -0.25) is 14.0 Å². The maximum Gasteiger partial charge on any atom is 0.251 e. The third kappa shape index (κ3) is 3.51. The number of carbonyl (C=O) groups excluding carboxylic acids is 1. The van der Waals surface area contributed by atoms with Gasteiger partial charge in [0.25, 0.3) is 5.91 Å². The van der Waals surface area contributed by atoms with Crippen LogP contribution in [0.2, 0.25) is 0 Å². The van der Waals surface area contributed by atoms with Gasteiger partial charge in [-0.25, -0.2) is 0 Å². The molecule has 0 spiro atoms. The van der Waals surface area contributed by atoms with E-state index in [9.17, 15) is 9.00 Å². The molecule has 2 rings (SSSR count). The molecule has 2 aromatic rings. The Morgan fingerprint density at radius 1 is 1.30 bits per heavy atom. The first-order valence-corrected chi connectivity index (χ1v) is 7.76. The summed E-state index contributed by atoms with van der Waals surface area (Å²) in [6.07, 6.45) is 3.30. The lowest BCUT2D eigenvalue weighted by molar-refractivity contribution is 0.0950. The molecule has 4 nitrogen and oxygen atoms in total. The molecule has 0 aliphatic rings. The molecule has 0 bridgehead atoms. The molecular weight excluding hydrogens is 272 g/mol. The highest BCUT2D eigenvalue weighted by molar-refractivity contribution is 7.84. The molecule has 104 valence electrons. The summed E-state index contributed by atoms with van der Waals surface area (Å²) in [4.78, 5) is 16.9. The Bertz CT molecular complexity index is 642. The summed E-state index contributed by atoms with van der Waals surface area (Å²) in [5, 5.41) is 2.80. The summed E-state index contributed by atoms with van der Waals surface area (Å²) in [5.41, 5.74) is 2.23. The van der Waals surface area contributed by atoms with Crippen LogP contribution in [0.3, 0.4) is 0 Å². The lowest BCUT2D eigenvalue weighted by atomic mass is 10.1. The smallest absolute Gasteiger partial charge is 0.251 e. The second kappa shape index (κ2) is 6.43. The van der Waals surface area contributed by atoms with E-state index in [0.29, 0.717) is 17.0 Å². The van der Waals surface area contributed by atoms with Gasteiger partial charge in [0.2, 0.25) is 0 Å². The second-order valence-electron chi connectivity index (χ2n) is 4.44. The quantitative estimate of drug-likeness (QED) is 0.937. The highest BCUT2D eigenvalue weighted by atomic mass is 32.2. The van der Waals surface area contributed by atoms with Crippen molar-refractivity contribution in [3.05, 3.63) is 59.4 Å². The molecular formula is C15H16N2O2S. The highest BCUT2D eigenvalue weighted by Gasteiger charge is 2.10. The number of hydrogen-bond acceptors (Lipinski definition) is 3.